The molecule has 2 aromatic rings. The Hall–Kier alpha value is -1.42. The number of aryl methyl sites for hydroxylation is 1. The zero-order valence-corrected chi connectivity index (χ0v) is 9.04. The van der Waals surface area contributed by atoms with Crippen molar-refractivity contribution in [2.24, 2.45) is 0 Å². The third-order valence-corrected chi connectivity index (χ3v) is 3.14. The Bertz CT molecular complexity index is 456. The molecule has 0 unspecified atom stereocenters. The first kappa shape index (κ1) is 10.1. The maximum absolute atomic E-state index is 10.4. The van der Waals surface area contributed by atoms with Crippen molar-refractivity contribution in [2.45, 2.75) is 17.6 Å². The van der Waals surface area contributed by atoms with Crippen LogP contribution in [0.1, 0.15) is 22.1 Å². The molecular weight excluding hydrogens is 212 g/mol. The highest BCUT2D eigenvalue weighted by molar-refractivity contribution is 7.98. The molecule has 2 rings (SSSR count). The van der Waals surface area contributed by atoms with Gasteiger partial charge in [-0.25, -0.2) is 0 Å². The highest BCUT2D eigenvalue weighted by Gasteiger charge is 2.05. The number of carbonyl (C=O) groups is 1. The topological polar surface area (TPSA) is 43.4 Å². The number of thioether (sulfide) groups is 1. The summed E-state index contributed by atoms with van der Waals surface area (Å²) >= 11 is 1.63. The summed E-state index contributed by atoms with van der Waals surface area (Å²) in [6.07, 6.45) is 2.37. The van der Waals surface area contributed by atoms with Crippen molar-refractivity contribution in [3.63, 3.8) is 0 Å². The summed E-state index contributed by atoms with van der Waals surface area (Å²) in [6.45, 7) is 1.92. The molecule has 0 bridgehead atoms. The van der Waals surface area contributed by atoms with Crippen LogP contribution in [0.15, 0.2) is 38.2 Å². The molecule has 4 heteroatoms. The lowest BCUT2D eigenvalue weighted by Gasteiger charge is -1.96. The molecule has 0 fully saturated rings. The van der Waals surface area contributed by atoms with Crippen LogP contribution in [0.2, 0.25) is 0 Å². The molecule has 0 radical (unpaired) electrons. The van der Waals surface area contributed by atoms with Gasteiger partial charge >= 0.3 is 0 Å². The van der Waals surface area contributed by atoms with Gasteiger partial charge in [-0.2, -0.15) is 0 Å². The Morgan fingerprint density at radius 2 is 2.27 bits per heavy atom. The average molecular weight is 222 g/mol. The molecule has 15 heavy (non-hydrogen) atoms. The SMILES string of the molecule is Cc1occc1SCc1ccc(C=O)o1. The van der Waals surface area contributed by atoms with E-state index in [0.717, 1.165) is 16.4 Å². The number of rotatable bonds is 4. The summed E-state index contributed by atoms with van der Waals surface area (Å²) in [5.41, 5.74) is 0. The van der Waals surface area contributed by atoms with Gasteiger partial charge in [0.05, 0.1) is 12.0 Å². The van der Waals surface area contributed by atoms with Crippen molar-refractivity contribution >= 4 is 18.0 Å². The number of hydrogen-bond donors (Lipinski definition) is 0. The van der Waals surface area contributed by atoms with E-state index in [-0.39, 0.29) is 0 Å². The minimum Gasteiger partial charge on any atom is -0.468 e. The van der Waals surface area contributed by atoms with E-state index in [1.165, 1.54) is 0 Å². The Balaban J connectivity index is 1.99. The Labute approximate surface area is 91.5 Å². The third kappa shape index (κ3) is 2.33. The average Bonchev–Trinajstić information content (AvgIpc) is 2.84. The number of furan rings is 2. The van der Waals surface area contributed by atoms with Crippen LogP contribution in [0.25, 0.3) is 0 Å². The molecule has 0 amide bonds. The molecule has 0 saturated carbocycles. The van der Waals surface area contributed by atoms with Gasteiger partial charge in [-0.15, -0.1) is 11.8 Å². The van der Waals surface area contributed by atoms with E-state index in [2.05, 4.69) is 0 Å². The van der Waals surface area contributed by atoms with Crippen molar-refractivity contribution < 1.29 is 13.6 Å². The van der Waals surface area contributed by atoms with E-state index in [1.807, 2.05) is 19.1 Å². The van der Waals surface area contributed by atoms with Crippen LogP contribution in [0.4, 0.5) is 0 Å². The fourth-order valence-electron chi connectivity index (χ4n) is 1.21. The van der Waals surface area contributed by atoms with Crippen LogP contribution in [0.5, 0.6) is 0 Å². The second kappa shape index (κ2) is 4.40. The highest BCUT2D eigenvalue weighted by Crippen LogP contribution is 2.27. The summed E-state index contributed by atoms with van der Waals surface area (Å²) in [5.74, 6) is 2.77. The van der Waals surface area contributed by atoms with Crippen LogP contribution >= 0.6 is 11.8 Å². The van der Waals surface area contributed by atoms with E-state index in [9.17, 15) is 4.79 Å². The quantitative estimate of drug-likeness (QED) is 0.588. The standard InChI is InChI=1S/C11H10O3S/c1-8-11(4-5-13-8)15-7-10-3-2-9(6-12)14-10/h2-6H,7H2,1H3. The second-order valence-electron chi connectivity index (χ2n) is 3.05. The number of aldehydes is 1. The zero-order valence-electron chi connectivity index (χ0n) is 8.23. The van der Waals surface area contributed by atoms with Crippen LogP contribution in [-0.2, 0) is 5.75 Å². The van der Waals surface area contributed by atoms with Crippen LogP contribution in [0.3, 0.4) is 0 Å². The predicted octanol–water partition coefficient (Wildman–Crippen LogP) is 3.29. The number of carbonyl (C=O) groups excluding carboxylic acids is 1. The second-order valence-corrected chi connectivity index (χ2v) is 4.07. The largest absolute Gasteiger partial charge is 0.468 e. The molecule has 0 spiro atoms. The molecule has 0 aliphatic rings. The van der Waals surface area contributed by atoms with Gasteiger partial charge in [-0.3, -0.25) is 4.79 Å². The Morgan fingerprint density at radius 3 is 2.87 bits per heavy atom. The summed E-state index contributed by atoms with van der Waals surface area (Å²) in [7, 11) is 0. The van der Waals surface area contributed by atoms with Gasteiger partial charge in [0.2, 0.25) is 0 Å². The third-order valence-electron chi connectivity index (χ3n) is 1.98. The van der Waals surface area contributed by atoms with Crippen LogP contribution in [0, 0.1) is 6.92 Å². The van der Waals surface area contributed by atoms with Gasteiger partial charge in [0.15, 0.2) is 12.0 Å². The Morgan fingerprint density at radius 1 is 1.40 bits per heavy atom. The summed E-state index contributed by atoms with van der Waals surface area (Å²) in [5, 5.41) is 0. The van der Waals surface area contributed by atoms with E-state index in [1.54, 1.807) is 24.1 Å². The first-order chi connectivity index (χ1) is 7.29. The van der Waals surface area contributed by atoms with E-state index in [4.69, 9.17) is 8.83 Å². The minimum atomic E-state index is 0.370. The molecule has 0 N–H and O–H groups in total. The summed E-state index contributed by atoms with van der Waals surface area (Å²) in [6, 6.07) is 5.40. The minimum absolute atomic E-state index is 0.370. The fourth-order valence-corrected chi connectivity index (χ4v) is 2.06. The monoisotopic (exact) mass is 222 g/mol. The van der Waals surface area contributed by atoms with Gasteiger partial charge in [-0.05, 0) is 25.1 Å². The lowest BCUT2D eigenvalue weighted by molar-refractivity contribution is 0.109. The van der Waals surface area contributed by atoms with Gasteiger partial charge in [-0.1, -0.05) is 0 Å². The van der Waals surface area contributed by atoms with Gasteiger partial charge in [0.1, 0.15) is 11.5 Å². The molecule has 78 valence electrons. The van der Waals surface area contributed by atoms with Gasteiger partial charge in [0, 0.05) is 4.90 Å². The molecule has 0 atom stereocenters. The van der Waals surface area contributed by atoms with E-state index in [0.29, 0.717) is 17.8 Å². The van der Waals surface area contributed by atoms with Crippen molar-refractivity contribution in [1.82, 2.24) is 0 Å². The van der Waals surface area contributed by atoms with Crippen molar-refractivity contribution in [3.05, 3.63) is 41.7 Å². The fraction of sp³-hybridized carbons (Fsp3) is 0.182. The first-order valence-electron chi connectivity index (χ1n) is 4.50. The van der Waals surface area contributed by atoms with Gasteiger partial charge < -0.3 is 8.83 Å². The normalized spacial score (nSPS) is 10.5. The molecule has 0 saturated heterocycles. The van der Waals surface area contributed by atoms with E-state index < -0.39 is 0 Å². The van der Waals surface area contributed by atoms with Crippen LogP contribution in [-0.4, -0.2) is 6.29 Å². The highest BCUT2D eigenvalue weighted by atomic mass is 32.2. The Kier molecular flexibility index (Phi) is 2.97. The van der Waals surface area contributed by atoms with Crippen molar-refractivity contribution in [3.8, 4) is 0 Å². The maximum Gasteiger partial charge on any atom is 0.185 e. The van der Waals surface area contributed by atoms with E-state index >= 15 is 0 Å². The first-order valence-corrected chi connectivity index (χ1v) is 5.49. The number of hydrogen-bond acceptors (Lipinski definition) is 4. The smallest absolute Gasteiger partial charge is 0.185 e. The van der Waals surface area contributed by atoms with Crippen molar-refractivity contribution in [2.75, 3.05) is 0 Å². The molecule has 0 aliphatic carbocycles. The summed E-state index contributed by atoms with van der Waals surface area (Å²) < 4.78 is 10.4. The zero-order chi connectivity index (χ0) is 10.7. The van der Waals surface area contributed by atoms with Crippen LogP contribution < -0.4 is 0 Å². The molecule has 0 aliphatic heterocycles. The lowest BCUT2D eigenvalue weighted by atomic mass is 10.4. The van der Waals surface area contributed by atoms with Gasteiger partial charge in [0.25, 0.3) is 0 Å². The lowest BCUT2D eigenvalue weighted by Crippen LogP contribution is -1.76. The molecule has 3 nitrogen and oxygen atoms in total. The molecular formula is C11H10O3S. The summed E-state index contributed by atoms with van der Waals surface area (Å²) in [4.78, 5) is 11.5. The molecule has 0 aromatic carbocycles. The molecule has 2 heterocycles. The predicted molar refractivity (Wildman–Crippen MR) is 57.1 cm³/mol. The van der Waals surface area contributed by atoms with Crippen molar-refractivity contribution in [1.29, 1.82) is 0 Å². The molecule has 2 aromatic heterocycles. The maximum atomic E-state index is 10.4.